The summed E-state index contributed by atoms with van der Waals surface area (Å²) in [6, 6.07) is 0. The van der Waals surface area contributed by atoms with E-state index in [2.05, 4.69) is 21.5 Å². The molecule has 0 aliphatic rings. The highest BCUT2D eigenvalue weighted by Crippen LogP contribution is 2.07. The largest absolute Gasteiger partial charge is 0.494 e. The molecular formula is C11H19N3OS. The summed E-state index contributed by atoms with van der Waals surface area (Å²) < 4.78 is 4.98. The molecule has 0 radical (unpaired) electrons. The van der Waals surface area contributed by atoms with Crippen molar-refractivity contribution in [2.75, 3.05) is 31.0 Å². The minimum absolute atomic E-state index is 0.672. The van der Waals surface area contributed by atoms with Gasteiger partial charge in [0.05, 0.1) is 19.5 Å². The van der Waals surface area contributed by atoms with Gasteiger partial charge in [-0.15, -0.1) is 0 Å². The maximum atomic E-state index is 4.98. The summed E-state index contributed by atoms with van der Waals surface area (Å²) in [5.41, 5.74) is 0. The zero-order valence-electron chi connectivity index (χ0n) is 9.90. The first-order chi connectivity index (χ1) is 7.86. The van der Waals surface area contributed by atoms with Crippen molar-refractivity contribution in [2.45, 2.75) is 19.3 Å². The number of anilines is 1. The van der Waals surface area contributed by atoms with E-state index in [-0.39, 0.29) is 0 Å². The molecule has 0 aromatic carbocycles. The van der Waals surface area contributed by atoms with Gasteiger partial charge in [-0.3, -0.25) is 0 Å². The third-order valence-corrected chi connectivity index (χ3v) is 2.87. The lowest BCUT2D eigenvalue weighted by Crippen LogP contribution is -2.05. The second kappa shape index (κ2) is 8.21. The first-order valence-electron chi connectivity index (χ1n) is 5.45. The van der Waals surface area contributed by atoms with E-state index in [1.54, 1.807) is 19.5 Å². The molecule has 0 amide bonds. The van der Waals surface area contributed by atoms with Gasteiger partial charge in [0.1, 0.15) is 0 Å². The standard InChI is InChI=1S/C11H19N3OS/c1-15-10-8-13-11(14-9-10)12-6-4-3-5-7-16-2/h8-9H,3-7H2,1-2H3,(H,12,13,14). The summed E-state index contributed by atoms with van der Waals surface area (Å²) in [7, 11) is 1.61. The fourth-order valence-electron chi connectivity index (χ4n) is 1.26. The predicted octanol–water partition coefficient (Wildman–Crippen LogP) is 2.43. The molecule has 1 heterocycles. The van der Waals surface area contributed by atoms with E-state index in [1.807, 2.05) is 11.8 Å². The summed E-state index contributed by atoms with van der Waals surface area (Å²) in [5.74, 6) is 2.61. The van der Waals surface area contributed by atoms with E-state index < -0.39 is 0 Å². The molecule has 0 atom stereocenters. The fraction of sp³-hybridized carbons (Fsp3) is 0.636. The molecule has 5 heteroatoms. The van der Waals surface area contributed by atoms with Crippen LogP contribution in [0.25, 0.3) is 0 Å². The lowest BCUT2D eigenvalue weighted by molar-refractivity contribution is 0.411. The average molecular weight is 241 g/mol. The van der Waals surface area contributed by atoms with Gasteiger partial charge in [-0.2, -0.15) is 11.8 Å². The van der Waals surface area contributed by atoms with Gasteiger partial charge in [0.25, 0.3) is 0 Å². The molecule has 0 fully saturated rings. The van der Waals surface area contributed by atoms with Crippen LogP contribution in [0.5, 0.6) is 5.75 Å². The molecule has 0 saturated heterocycles. The Morgan fingerprint density at radius 2 is 2.00 bits per heavy atom. The van der Waals surface area contributed by atoms with E-state index in [0.29, 0.717) is 11.7 Å². The minimum atomic E-state index is 0.672. The first kappa shape index (κ1) is 13.1. The number of unbranched alkanes of at least 4 members (excludes halogenated alkanes) is 2. The van der Waals surface area contributed by atoms with Crippen LogP contribution in [0.1, 0.15) is 19.3 Å². The van der Waals surface area contributed by atoms with Gasteiger partial charge in [-0.1, -0.05) is 6.42 Å². The highest BCUT2D eigenvalue weighted by Gasteiger charge is 1.96. The number of ether oxygens (including phenoxy) is 1. The van der Waals surface area contributed by atoms with E-state index in [1.165, 1.54) is 18.6 Å². The Kier molecular flexibility index (Phi) is 6.72. The van der Waals surface area contributed by atoms with E-state index in [0.717, 1.165) is 13.0 Å². The van der Waals surface area contributed by atoms with Crippen molar-refractivity contribution < 1.29 is 4.74 Å². The van der Waals surface area contributed by atoms with Gasteiger partial charge in [0, 0.05) is 6.54 Å². The lowest BCUT2D eigenvalue weighted by atomic mass is 10.2. The zero-order chi connectivity index (χ0) is 11.6. The van der Waals surface area contributed by atoms with Gasteiger partial charge in [0.15, 0.2) is 5.75 Å². The number of methoxy groups -OCH3 is 1. The molecule has 1 aromatic heterocycles. The predicted molar refractivity (Wildman–Crippen MR) is 69.3 cm³/mol. The van der Waals surface area contributed by atoms with Crippen LogP contribution in [0.3, 0.4) is 0 Å². The van der Waals surface area contributed by atoms with E-state index in [9.17, 15) is 0 Å². The second-order valence-corrected chi connectivity index (χ2v) is 4.41. The molecular weight excluding hydrogens is 222 g/mol. The Labute approximate surface area is 101 Å². The Bertz CT molecular complexity index is 279. The number of rotatable bonds is 8. The first-order valence-corrected chi connectivity index (χ1v) is 6.85. The molecule has 0 spiro atoms. The van der Waals surface area contributed by atoms with Crippen molar-refractivity contribution in [3.8, 4) is 5.75 Å². The van der Waals surface area contributed by atoms with E-state index in [4.69, 9.17) is 4.74 Å². The highest BCUT2D eigenvalue weighted by molar-refractivity contribution is 7.98. The molecule has 0 aliphatic carbocycles. The van der Waals surface area contributed by atoms with Gasteiger partial charge in [-0.05, 0) is 24.9 Å². The fourth-order valence-corrected chi connectivity index (χ4v) is 1.75. The van der Waals surface area contributed by atoms with Crippen LogP contribution in [0.15, 0.2) is 12.4 Å². The molecule has 1 aromatic rings. The number of hydrogen-bond acceptors (Lipinski definition) is 5. The quantitative estimate of drug-likeness (QED) is 0.708. The van der Waals surface area contributed by atoms with Crippen molar-refractivity contribution in [2.24, 2.45) is 0 Å². The van der Waals surface area contributed by atoms with Crippen LogP contribution >= 0.6 is 11.8 Å². The summed E-state index contributed by atoms with van der Waals surface area (Å²) in [6.45, 7) is 0.931. The number of aromatic nitrogens is 2. The van der Waals surface area contributed by atoms with Crippen molar-refractivity contribution in [1.29, 1.82) is 0 Å². The lowest BCUT2D eigenvalue weighted by Gasteiger charge is -2.04. The zero-order valence-corrected chi connectivity index (χ0v) is 10.7. The maximum Gasteiger partial charge on any atom is 0.222 e. The number of thioether (sulfide) groups is 1. The molecule has 0 bridgehead atoms. The summed E-state index contributed by atoms with van der Waals surface area (Å²) >= 11 is 1.90. The van der Waals surface area contributed by atoms with Crippen LogP contribution < -0.4 is 10.1 Å². The molecule has 4 nitrogen and oxygen atoms in total. The second-order valence-electron chi connectivity index (χ2n) is 3.43. The molecule has 16 heavy (non-hydrogen) atoms. The van der Waals surface area contributed by atoms with Crippen molar-refractivity contribution in [1.82, 2.24) is 9.97 Å². The molecule has 0 aliphatic heterocycles. The summed E-state index contributed by atoms with van der Waals surface area (Å²) in [5, 5.41) is 3.19. The topological polar surface area (TPSA) is 47.0 Å². The van der Waals surface area contributed by atoms with Crippen molar-refractivity contribution >= 4 is 17.7 Å². The van der Waals surface area contributed by atoms with Gasteiger partial charge < -0.3 is 10.1 Å². The van der Waals surface area contributed by atoms with Crippen molar-refractivity contribution in [3.63, 3.8) is 0 Å². The van der Waals surface area contributed by atoms with Crippen molar-refractivity contribution in [3.05, 3.63) is 12.4 Å². The number of nitrogens with zero attached hydrogens (tertiary/aromatic N) is 2. The SMILES string of the molecule is COc1cnc(NCCCCCSC)nc1. The Morgan fingerprint density at radius 3 is 2.62 bits per heavy atom. The normalized spacial score (nSPS) is 10.1. The molecule has 0 unspecified atom stereocenters. The third-order valence-electron chi connectivity index (χ3n) is 2.17. The Morgan fingerprint density at radius 1 is 1.25 bits per heavy atom. The Balaban J connectivity index is 2.12. The van der Waals surface area contributed by atoms with E-state index >= 15 is 0 Å². The van der Waals surface area contributed by atoms with Crippen LogP contribution in [-0.4, -0.2) is 35.6 Å². The smallest absolute Gasteiger partial charge is 0.222 e. The molecule has 90 valence electrons. The summed E-state index contributed by atoms with van der Waals surface area (Å²) in [4.78, 5) is 8.26. The van der Waals surface area contributed by atoms with Crippen LogP contribution in [0.2, 0.25) is 0 Å². The van der Waals surface area contributed by atoms with Crippen LogP contribution in [0, 0.1) is 0 Å². The minimum Gasteiger partial charge on any atom is -0.494 e. The highest BCUT2D eigenvalue weighted by atomic mass is 32.2. The van der Waals surface area contributed by atoms with Gasteiger partial charge >= 0.3 is 0 Å². The average Bonchev–Trinajstić information content (AvgIpc) is 2.34. The van der Waals surface area contributed by atoms with Gasteiger partial charge in [-0.25, -0.2) is 9.97 Å². The third kappa shape index (κ3) is 5.21. The number of nitrogens with one attached hydrogen (secondary N) is 1. The van der Waals surface area contributed by atoms with Crippen LogP contribution in [0.4, 0.5) is 5.95 Å². The Hall–Kier alpha value is -0.970. The molecule has 1 N–H and O–H groups in total. The number of hydrogen-bond donors (Lipinski definition) is 1. The van der Waals surface area contributed by atoms with Crippen LogP contribution in [-0.2, 0) is 0 Å². The molecule has 1 rings (SSSR count). The maximum absolute atomic E-state index is 4.98. The molecule has 0 saturated carbocycles. The summed E-state index contributed by atoms with van der Waals surface area (Å²) in [6.07, 6.45) is 9.18. The monoisotopic (exact) mass is 241 g/mol. The van der Waals surface area contributed by atoms with Gasteiger partial charge in [0.2, 0.25) is 5.95 Å².